The molecule has 0 fully saturated rings. The predicted octanol–water partition coefficient (Wildman–Crippen LogP) is 2.88. The van der Waals surface area contributed by atoms with Crippen molar-refractivity contribution in [3.05, 3.63) is 69.1 Å². The third-order valence-corrected chi connectivity index (χ3v) is 8.10. The van der Waals surface area contributed by atoms with E-state index in [2.05, 4.69) is 0 Å². The van der Waals surface area contributed by atoms with Crippen LogP contribution in [0, 0.1) is 0 Å². The standard InChI is InChI=1S/C17H13F6NSe2/c18-16(19,20)11-1-5-13(6-2-11)25-10-15(9-24)26-14-7-3-12(4-8-14)17(21,22)23/h1-8,10H,9,24H2/b15-10-. The topological polar surface area (TPSA) is 26.0 Å². The van der Waals surface area contributed by atoms with Crippen molar-refractivity contribution in [2.24, 2.45) is 5.73 Å². The molecule has 0 spiro atoms. The number of halogens is 6. The van der Waals surface area contributed by atoms with Crippen LogP contribution in [0.1, 0.15) is 11.1 Å². The van der Waals surface area contributed by atoms with Crippen LogP contribution in [0.3, 0.4) is 0 Å². The first kappa shape index (κ1) is 21.1. The van der Waals surface area contributed by atoms with E-state index >= 15 is 0 Å². The van der Waals surface area contributed by atoms with Gasteiger partial charge >= 0.3 is 159 Å². The molecule has 0 amide bonds. The number of benzene rings is 2. The van der Waals surface area contributed by atoms with Crippen molar-refractivity contribution >= 4 is 38.8 Å². The molecule has 0 aromatic heterocycles. The van der Waals surface area contributed by atoms with E-state index in [1.54, 1.807) is 0 Å². The fourth-order valence-corrected chi connectivity index (χ4v) is 5.74. The molecule has 0 aliphatic rings. The van der Waals surface area contributed by atoms with Crippen LogP contribution >= 0.6 is 0 Å². The van der Waals surface area contributed by atoms with Gasteiger partial charge in [-0.1, -0.05) is 0 Å². The van der Waals surface area contributed by atoms with E-state index in [0.717, 1.165) is 37.7 Å². The Labute approximate surface area is 159 Å². The van der Waals surface area contributed by atoms with E-state index in [0.29, 0.717) is 0 Å². The Bertz CT molecular complexity index is 749. The van der Waals surface area contributed by atoms with E-state index < -0.39 is 23.5 Å². The minimum atomic E-state index is -4.37. The van der Waals surface area contributed by atoms with Crippen LogP contribution < -0.4 is 14.7 Å². The molecule has 2 aromatic carbocycles. The molecule has 26 heavy (non-hydrogen) atoms. The van der Waals surface area contributed by atoms with Gasteiger partial charge in [0.1, 0.15) is 0 Å². The maximum atomic E-state index is 12.6. The van der Waals surface area contributed by atoms with Crippen molar-refractivity contribution < 1.29 is 26.3 Å². The molecule has 0 unspecified atom stereocenters. The minimum absolute atomic E-state index is 0.202. The SMILES string of the molecule is NC/C(=C/[Se]c1ccc(C(F)(F)F)cc1)[Se]c1ccc(C(F)(F)F)cc1. The van der Waals surface area contributed by atoms with Crippen LogP contribution in [-0.2, 0) is 12.4 Å². The van der Waals surface area contributed by atoms with E-state index in [1.807, 2.05) is 4.97 Å². The normalized spacial score (nSPS) is 13.1. The molecule has 0 atom stereocenters. The van der Waals surface area contributed by atoms with Crippen molar-refractivity contribution in [2.45, 2.75) is 12.4 Å². The third kappa shape index (κ3) is 6.18. The van der Waals surface area contributed by atoms with Gasteiger partial charge in [-0.3, -0.25) is 0 Å². The summed E-state index contributed by atoms with van der Waals surface area (Å²) in [5, 5.41) is 0. The number of rotatable bonds is 5. The molecule has 2 aromatic rings. The van der Waals surface area contributed by atoms with Crippen LogP contribution in [0.15, 0.2) is 58.0 Å². The van der Waals surface area contributed by atoms with Crippen LogP contribution in [-0.4, -0.2) is 36.5 Å². The van der Waals surface area contributed by atoms with Gasteiger partial charge in [0.2, 0.25) is 0 Å². The third-order valence-electron chi connectivity index (χ3n) is 3.14. The quantitative estimate of drug-likeness (QED) is 0.494. The van der Waals surface area contributed by atoms with Crippen molar-refractivity contribution in [1.29, 1.82) is 0 Å². The molecule has 2 rings (SSSR count). The molecule has 0 saturated heterocycles. The van der Waals surface area contributed by atoms with E-state index in [-0.39, 0.29) is 36.5 Å². The Morgan fingerprint density at radius 1 is 0.769 bits per heavy atom. The molecular weight excluding hydrogens is 490 g/mol. The van der Waals surface area contributed by atoms with Gasteiger partial charge in [-0.15, -0.1) is 0 Å². The summed E-state index contributed by atoms with van der Waals surface area (Å²) in [6, 6.07) is 9.85. The number of alkyl halides is 6. The molecule has 0 saturated carbocycles. The van der Waals surface area contributed by atoms with Crippen LogP contribution in [0.5, 0.6) is 0 Å². The first-order chi connectivity index (χ1) is 12.1. The summed E-state index contributed by atoms with van der Waals surface area (Å²) in [6.45, 7) is 0.253. The zero-order valence-corrected chi connectivity index (χ0v) is 16.5. The van der Waals surface area contributed by atoms with Crippen molar-refractivity contribution in [3.63, 3.8) is 0 Å². The van der Waals surface area contributed by atoms with Gasteiger partial charge in [-0.25, -0.2) is 0 Å². The van der Waals surface area contributed by atoms with Gasteiger partial charge in [0, 0.05) is 0 Å². The molecule has 140 valence electrons. The van der Waals surface area contributed by atoms with Crippen molar-refractivity contribution in [3.8, 4) is 0 Å². The summed E-state index contributed by atoms with van der Waals surface area (Å²) in [7, 11) is 0. The zero-order chi connectivity index (χ0) is 19.4. The summed E-state index contributed by atoms with van der Waals surface area (Å²) in [6.07, 6.45) is -8.74. The molecule has 9 heteroatoms. The first-order valence-electron chi connectivity index (χ1n) is 7.18. The molecular formula is C17H13F6NSe2. The summed E-state index contributed by atoms with van der Waals surface area (Å²) in [5.74, 6) is 0. The Morgan fingerprint density at radius 3 is 1.58 bits per heavy atom. The molecule has 0 heterocycles. The second-order valence-electron chi connectivity index (χ2n) is 5.05. The fourth-order valence-electron chi connectivity index (χ4n) is 1.83. The number of hydrogen-bond acceptors (Lipinski definition) is 1. The predicted molar refractivity (Wildman–Crippen MR) is 90.8 cm³/mol. The summed E-state index contributed by atoms with van der Waals surface area (Å²) >= 11 is -0.432. The van der Waals surface area contributed by atoms with Gasteiger partial charge in [-0.05, 0) is 0 Å². The Kier molecular flexibility index (Phi) is 6.99. The van der Waals surface area contributed by atoms with Crippen LogP contribution in [0.4, 0.5) is 26.3 Å². The van der Waals surface area contributed by atoms with Gasteiger partial charge in [0.25, 0.3) is 0 Å². The summed E-state index contributed by atoms with van der Waals surface area (Å²) in [5.41, 5.74) is 4.29. The molecule has 0 bridgehead atoms. The Morgan fingerprint density at radius 2 is 1.19 bits per heavy atom. The van der Waals surface area contributed by atoms with E-state index in [9.17, 15) is 26.3 Å². The van der Waals surface area contributed by atoms with Crippen LogP contribution in [0.25, 0.3) is 0 Å². The molecule has 0 aliphatic heterocycles. The summed E-state index contributed by atoms with van der Waals surface area (Å²) in [4.78, 5) is 1.88. The fraction of sp³-hybridized carbons (Fsp3) is 0.176. The molecule has 0 aliphatic carbocycles. The monoisotopic (exact) mass is 505 g/mol. The van der Waals surface area contributed by atoms with E-state index in [4.69, 9.17) is 5.73 Å². The van der Waals surface area contributed by atoms with Crippen LogP contribution in [0.2, 0.25) is 0 Å². The average Bonchev–Trinajstić information content (AvgIpc) is 2.58. The molecule has 1 nitrogen and oxygen atoms in total. The van der Waals surface area contributed by atoms with Crippen molar-refractivity contribution in [2.75, 3.05) is 6.54 Å². The maximum absolute atomic E-state index is 12.6. The van der Waals surface area contributed by atoms with Gasteiger partial charge < -0.3 is 0 Å². The Hall–Kier alpha value is -1.24. The van der Waals surface area contributed by atoms with E-state index in [1.165, 1.54) is 24.3 Å². The van der Waals surface area contributed by atoms with Gasteiger partial charge in [0.15, 0.2) is 0 Å². The first-order valence-corrected chi connectivity index (χ1v) is 10.7. The average molecular weight is 503 g/mol. The second kappa shape index (κ2) is 8.63. The molecule has 2 N–H and O–H groups in total. The Balaban J connectivity index is 2.04. The van der Waals surface area contributed by atoms with Crippen molar-refractivity contribution in [1.82, 2.24) is 0 Å². The number of nitrogens with two attached hydrogens (primary N) is 1. The van der Waals surface area contributed by atoms with Gasteiger partial charge in [-0.2, -0.15) is 0 Å². The second-order valence-corrected chi connectivity index (χ2v) is 9.55. The summed E-state index contributed by atoms with van der Waals surface area (Å²) < 4.78 is 77.7. The zero-order valence-electron chi connectivity index (χ0n) is 13.1. The van der Waals surface area contributed by atoms with Gasteiger partial charge in [0.05, 0.1) is 0 Å². The number of hydrogen-bond donors (Lipinski definition) is 1. The molecule has 0 radical (unpaired) electrons.